The lowest BCUT2D eigenvalue weighted by Gasteiger charge is -2.18. The Morgan fingerprint density at radius 3 is 1.36 bits per heavy atom. The van der Waals surface area contributed by atoms with Crippen LogP contribution in [0.3, 0.4) is 0 Å². The van der Waals surface area contributed by atoms with E-state index in [0.717, 1.165) is 43.0 Å². The van der Waals surface area contributed by atoms with Crippen molar-refractivity contribution in [2.24, 2.45) is 0 Å². The largest absolute Gasteiger partial charge is 0.493 e. The smallest absolute Gasteiger partial charge is 0.128 e. The van der Waals surface area contributed by atoms with Crippen LogP contribution in [0.15, 0.2) is 44.0 Å². The average molecular weight is 759 g/mol. The zero-order chi connectivity index (χ0) is 31.6. The third-order valence-electron chi connectivity index (χ3n) is 7.18. The second-order valence-corrected chi connectivity index (χ2v) is 15.7. The van der Waals surface area contributed by atoms with Gasteiger partial charge in [-0.15, -0.1) is 22.7 Å². The van der Waals surface area contributed by atoms with Crippen molar-refractivity contribution >= 4 is 77.8 Å². The highest BCUT2D eigenvalue weighted by atomic mass is 79.9. The van der Waals surface area contributed by atoms with Crippen LogP contribution in [0.2, 0.25) is 0 Å². The van der Waals surface area contributed by atoms with Crippen molar-refractivity contribution in [3.05, 3.63) is 64.9 Å². The second-order valence-electron chi connectivity index (χ2n) is 10.7. The topological polar surface area (TPSA) is 66.0 Å². The van der Waals surface area contributed by atoms with Gasteiger partial charge in [0.2, 0.25) is 0 Å². The lowest BCUT2D eigenvalue weighted by atomic mass is 9.97. The Labute approximate surface area is 288 Å². The third-order valence-corrected chi connectivity index (χ3v) is 10.3. The molecule has 0 saturated heterocycles. The van der Waals surface area contributed by atoms with Crippen molar-refractivity contribution < 1.29 is 9.47 Å². The molecule has 44 heavy (non-hydrogen) atoms. The molecular weight excluding hydrogens is 716 g/mol. The maximum absolute atomic E-state index is 10.3. The highest BCUT2D eigenvalue weighted by molar-refractivity contribution is 9.11. The molecule has 0 aliphatic rings. The summed E-state index contributed by atoms with van der Waals surface area (Å²) in [5.41, 5.74) is 2.36. The molecular formula is C36H42Br2N2O2S2. The number of nitriles is 2. The van der Waals surface area contributed by atoms with E-state index in [1.54, 1.807) is 22.7 Å². The van der Waals surface area contributed by atoms with Crippen LogP contribution in [0, 0.1) is 22.7 Å². The van der Waals surface area contributed by atoms with Crippen molar-refractivity contribution in [2.75, 3.05) is 13.2 Å². The molecule has 2 heterocycles. The van der Waals surface area contributed by atoms with Crippen molar-refractivity contribution in [1.29, 1.82) is 10.5 Å². The number of thiophene rings is 2. The third kappa shape index (κ3) is 12.2. The molecule has 0 atom stereocenters. The fourth-order valence-corrected chi connectivity index (χ4v) is 7.52. The van der Waals surface area contributed by atoms with Crippen LogP contribution in [0.25, 0.3) is 23.3 Å². The number of unbranched alkanes of at least 4 members (excludes halogenated alkanes) is 10. The van der Waals surface area contributed by atoms with E-state index >= 15 is 0 Å². The van der Waals surface area contributed by atoms with Crippen molar-refractivity contribution in [1.82, 2.24) is 0 Å². The number of rotatable bonds is 20. The van der Waals surface area contributed by atoms with Crippen molar-refractivity contribution in [3.63, 3.8) is 0 Å². The summed E-state index contributed by atoms with van der Waals surface area (Å²) in [6.45, 7) is 5.53. The molecule has 3 aromatic rings. The fraction of sp³-hybridized carbons (Fsp3) is 0.444. The van der Waals surface area contributed by atoms with Crippen LogP contribution in [0.5, 0.6) is 11.5 Å². The van der Waals surface area contributed by atoms with Crippen LogP contribution in [-0.4, -0.2) is 13.2 Å². The number of ether oxygens (including phenoxy) is 2. The average Bonchev–Trinajstić information content (AvgIpc) is 3.64. The van der Waals surface area contributed by atoms with E-state index in [9.17, 15) is 10.5 Å². The standard InChI is InChI=1S/C36H42Br2N2O2S2/c1-3-5-7-9-11-13-19-41-33-23-32(28(26-40)22-30-16-18-36(38)44-30)34(42-20-14-12-10-8-6-4-2)24-31(33)27(25-39)21-29-15-17-35(37)43-29/h15-18,21-24H,3-14,19-20H2,1-2H3. The van der Waals surface area contributed by atoms with Gasteiger partial charge < -0.3 is 9.47 Å². The molecule has 234 valence electrons. The van der Waals surface area contributed by atoms with Gasteiger partial charge in [0, 0.05) is 20.9 Å². The monoisotopic (exact) mass is 756 g/mol. The molecule has 4 nitrogen and oxygen atoms in total. The first-order chi connectivity index (χ1) is 21.5. The molecule has 0 radical (unpaired) electrons. The van der Waals surface area contributed by atoms with E-state index in [1.165, 1.54) is 51.4 Å². The molecule has 0 fully saturated rings. The van der Waals surface area contributed by atoms with Gasteiger partial charge in [0.05, 0.1) is 44.1 Å². The summed E-state index contributed by atoms with van der Waals surface area (Å²) in [5, 5.41) is 20.6. The van der Waals surface area contributed by atoms with Gasteiger partial charge in [0.1, 0.15) is 11.5 Å². The minimum absolute atomic E-state index is 0.498. The van der Waals surface area contributed by atoms with Crippen molar-refractivity contribution in [3.8, 4) is 23.6 Å². The van der Waals surface area contributed by atoms with E-state index in [2.05, 4.69) is 57.8 Å². The van der Waals surface area contributed by atoms with E-state index < -0.39 is 0 Å². The molecule has 2 aromatic heterocycles. The van der Waals surface area contributed by atoms with Crippen molar-refractivity contribution in [2.45, 2.75) is 90.9 Å². The SMILES string of the molecule is CCCCCCCCOc1cc(C(C#N)=Cc2ccc(Br)s2)c(OCCCCCCCC)cc1C(C#N)=Cc1ccc(Br)s1. The summed E-state index contributed by atoms with van der Waals surface area (Å²) in [6.07, 6.45) is 17.7. The Kier molecular flexibility index (Phi) is 16.9. The Morgan fingerprint density at radius 2 is 1.02 bits per heavy atom. The van der Waals surface area contributed by atoms with Gasteiger partial charge in [0.15, 0.2) is 0 Å². The molecule has 0 saturated carbocycles. The summed E-state index contributed by atoms with van der Waals surface area (Å²) in [5.74, 6) is 1.19. The molecule has 0 aliphatic carbocycles. The molecule has 0 aliphatic heterocycles. The van der Waals surface area contributed by atoms with E-state index in [1.807, 2.05) is 48.6 Å². The van der Waals surface area contributed by atoms with Crippen LogP contribution in [0.4, 0.5) is 0 Å². The lowest BCUT2D eigenvalue weighted by Crippen LogP contribution is -2.05. The Balaban J connectivity index is 2.00. The lowest BCUT2D eigenvalue weighted by molar-refractivity contribution is 0.295. The number of allylic oxidation sites excluding steroid dienone is 2. The first-order valence-electron chi connectivity index (χ1n) is 15.7. The molecule has 0 amide bonds. The zero-order valence-electron chi connectivity index (χ0n) is 25.8. The number of nitrogens with zero attached hydrogens (tertiary/aromatic N) is 2. The molecule has 8 heteroatoms. The van der Waals surface area contributed by atoms with Crippen LogP contribution in [0.1, 0.15) is 112 Å². The Bertz CT molecular complexity index is 1350. The van der Waals surface area contributed by atoms with Gasteiger partial charge >= 0.3 is 0 Å². The highest BCUT2D eigenvalue weighted by Crippen LogP contribution is 2.39. The van der Waals surface area contributed by atoms with Gasteiger partial charge in [0.25, 0.3) is 0 Å². The molecule has 3 rings (SSSR count). The summed E-state index contributed by atoms with van der Waals surface area (Å²) in [4.78, 5) is 1.93. The normalized spacial score (nSPS) is 11.8. The quantitative estimate of drug-likeness (QED) is 0.0850. The van der Waals surface area contributed by atoms with E-state index in [0.29, 0.717) is 47.0 Å². The van der Waals surface area contributed by atoms with Crippen LogP contribution in [-0.2, 0) is 0 Å². The summed E-state index contributed by atoms with van der Waals surface area (Å²) >= 11 is 10.2. The number of halogens is 2. The Hall–Kier alpha value is -2.36. The minimum atomic E-state index is 0.498. The maximum Gasteiger partial charge on any atom is 0.128 e. The van der Waals surface area contributed by atoms with Crippen LogP contribution >= 0.6 is 54.5 Å². The van der Waals surface area contributed by atoms with Crippen LogP contribution < -0.4 is 9.47 Å². The van der Waals surface area contributed by atoms with Gasteiger partial charge in [-0.05, 0) is 93.3 Å². The van der Waals surface area contributed by atoms with Gasteiger partial charge in [-0.1, -0.05) is 78.1 Å². The molecule has 0 spiro atoms. The highest BCUT2D eigenvalue weighted by Gasteiger charge is 2.19. The fourth-order valence-electron chi connectivity index (χ4n) is 4.79. The summed E-state index contributed by atoms with van der Waals surface area (Å²) in [6, 6.07) is 16.5. The van der Waals surface area contributed by atoms with Gasteiger partial charge in [-0.2, -0.15) is 10.5 Å². The predicted molar refractivity (Wildman–Crippen MR) is 195 cm³/mol. The second kappa shape index (κ2) is 20.6. The molecule has 0 unspecified atom stereocenters. The first kappa shape index (κ1) is 36.1. The summed E-state index contributed by atoms with van der Waals surface area (Å²) in [7, 11) is 0. The van der Waals surface area contributed by atoms with E-state index in [-0.39, 0.29) is 0 Å². The number of hydrogen-bond donors (Lipinski definition) is 0. The first-order valence-corrected chi connectivity index (χ1v) is 18.9. The molecule has 0 bridgehead atoms. The number of benzene rings is 1. The Morgan fingerprint density at radius 1 is 0.636 bits per heavy atom. The number of hydrogen-bond acceptors (Lipinski definition) is 6. The predicted octanol–water partition coefficient (Wildman–Crippen LogP) is 12.9. The molecule has 1 aromatic carbocycles. The zero-order valence-corrected chi connectivity index (χ0v) is 30.6. The summed E-state index contributed by atoms with van der Waals surface area (Å²) < 4.78 is 14.8. The molecule has 0 N–H and O–H groups in total. The van der Waals surface area contributed by atoms with Gasteiger partial charge in [-0.3, -0.25) is 0 Å². The van der Waals surface area contributed by atoms with Gasteiger partial charge in [-0.25, -0.2) is 0 Å². The maximum atomic E-state index is 10.3. The van der Waals surface area contributed by atoms with E-state index in [4.69, 9.17) is 9.47 Å². The minimum Gasteiger partial charge on any atom is -0.493 e.